The van der Waals surface area contributed by atoms with Crippen molar-refractivity contribution in [2.24, 2.45) is 4.36 Å². The van der Waals surface area contributed by atoms with Gasteiger partial charge in [0.05, 0.1) is 0 Å². The number of alkyl halides is 2. The summed E-state index contributed by atoms with van der Waals surface area (Å²) < 4.78 is 49.2. The van der Waals surface area contributed by atoms with Gasteiger partial charge < -0.3 is 0 Å². The zero-order valence-corrected chi connectivity index (χ0v) is 8.89. The number of nitrogens with zero attached hydrogens (tertiary/aromatic N) is 1. The Balaban J connectivity index is 2.95. The van der Waals surface area contributed by atoms with Crippen LogP contribution < -0.4 is 0 Å². The van der Waals surface area contributed by atoms with E-state index in [4.69, 9.17) is 11.6 Å². The summed E-state index contributed by atoms with van der Waals surface area (Å²) in [4.78, 5) is 0. The van der Waals surface area contributed by atoms with E-state index in [0.717, 1.165) is 12.1 Å². The minimum Gasteiger partial charge on any atom is -0.199 e. The van der Waals surface area contributed by atoms with E-state index in [1.54, 1.807) is 0 Å². The molecule has 0 aliphatic heterocycles. The van der Waals surface area contributed by atoms with Gasteiger partial charge in [0.25, 0.3) is 5.92 Å². The van der Waals surface area contributed by atoms with Gasteiger partial charge in [-0.1, -0.05) is 23.7 Å². The highest BCUT2D eigenvalue weighted by Gasteiger charge is 2.31. The van der Waals surface area contributed by atoms with E-state index >= 15 is 0 Å². The van der Waals surface area contributed by atoms with Crippen molar-refractivity contribution in [2.45, 2.75) is 5.92 Å². The molecule has 0 aromatic heterocycles. The molecule has 1 rings (SSSR count). The third-order valence-corrected chi connectivity index (χ3v) is 2.23. The zero-order chi connectivity index (χ0) is 11.5. The highest BCUT2D eigenvalue weighted by atomic mass is 35.5. The van der Waals surface area contributed by atoms with E-state index in [9.17, 15) is 17.2 Å². The van der Waals surface area contributed by atoms with E-state index in [1.807, 2.05) is 0 Å². The molecule has 0 saturated heterocycles. The van der Waals surface area contributed by atoms with E-state index in [0.29, 0.717) is 5.02 Å². The topological polar surface area (TPSA) is 46.5 Å². The number of benzene rings is 1. The molecule has 1 aromatic rings. The van der Waals surface area contributed by atoms with Gasteiger partial charge in [-0.3, -0.25) is 0 Å². The maximum Gasteiger partial charge on any atom is 0.311 e. The molecule has 0 radical (unpaired) electrons. The van der Waals surface area contributed by atoms with Gasteiger partial charge in [0.2, 0.25) is 0 Å². The number of rotatable bonds is 3. The monoisotopic (exact) mass is 253 g/mol. The minimum absolute atomic E-state index is 0.318. The average Bonchev–Trinajstić information content (AvgIpc) is 2.16. The lowest BCUT2D eigenvalue weighted by atomic mass is 10.1. The van der Waals surface area contributed by atoms with Gasteiger partial charge in [-0.15, -0.1) is 0 Å². The molecule has 0 aliphatic rings. The van der Waals surface area contributed by atoms with Crippen LogP contribution >= 0.6 is 11.6 Å². The molecule has 1 aromatic carbocycles. The zero-order valence-electron chi connectivity index (χ0n) is 7.32. The third-order valence-electron chi connectivity index (χ3n) is 1.64. The summed E-state index contributed by atoms with van der Waals surface area (Å²) in [5.41, 5.74) is -0.318. The molecule has 0 aliphatic carbocycles. The smallest absolute Gasteiger partial charge is 0.199 e. The molecule has 0 atom stereocenters. The van der Waals surface area contributed by atoms with Gasteiger partial charge in [0, 0.05) is 10.6 Å². The summed E-state index contributed by atoms with van der Waals surface area (Å²) in [5.74, 6) is -3.30. The molecule has 7 heteroatoms. The maximum absolute atomic E-state index is 13.2. The Labute approximate surface area is 91.4 Å². The largest absolute Gasteiger partial charge is 0.311 e. The molecule has 0 fully saturated rings. The number of halogens is 3. The quantitative estimate of drug-likeness (QED) is 0.831. The lowest BCUT2D eigenvalue weighted by Gasteiger charge is -2.12. The predicted octanol–water partition coefficient (Wildman–Crippen LogP) is 2.49. The number of hydrogen-bond acceptors (Lipinski definition) is 3. The fraction of sp³-hybridized carbons (Fsp3) is 0.250. The Morgan fingerprint density at radius 1 is 1.27 bits per heavy atom. The van der Waals surface area contributed by atoms with Crippen LogP contribution in [0.4, 0.5) is 8.78 Å². The van der Waals surface area contributed by atoms with Crippen molar-refractivity contribution in [3.05, 3.63) is 34.9 Å². The fourth-order valence-corrected chi connectivity index (χ4v) is 1.31. The first-order valence-corrected chi connectivity index (χ1v) is 5.23. The van der Waals surface area contributed by atoms with Crippen LogP contribution in [0.5, 0.6) is 0 Å². The summed E-state index contributed by atoms with van der Waals surface area (Å²) in [6.07, 6.45) is 0. The predicted molar refractivity (Wildman–Crippen MR) is 51.6 cm³/mol. The van der Waals surface area contributed by atoms with Gasteiger partial charge in [-0.2, -0.15) is 21.6 Å². The first-order valence-electron chi connectivity index (χ1n) is 3.82. The number of hydrogen-bond donors (Lipinski definition) is 0. The summed E-state index contributed by atoms with van der Waals surface area (Å²) in [6.45, 7) is -1.09. The molecular formula is C8H6ClF2NO2S. The molecule has 0 N–H and O–H groups in total. The molecule has 0 amide bonds. The Kier molecular flexibility index (Phi) is 3.76. The molecule has 0 saturated carbocycles. The summed E-state index contributed by atoms with van der Waals surface area (Å²) >= 11 is 5.52. The third kappa shape index (κ3) is 3.56. The molecule has 0 spiro atoms. The van der Waals surface area contributed by atoms with Crippen molar-refractivity contribution < 1.29 is 17.2 Å². The first kappa shape index (κ1) is 12.1. The normalized spacial score (nSPS) is 11.1. The van der Waals surface area contributed by atoms with Crippen molar-refractivity contribution in [3.63, 3.8) is 0 Å². The molecule has 0 unspecified atom stereocenters. The second kappa shape index (κ2) is 4.67. The second-order valence-electron chi connectivity index (χ2n) is 2.72. The van der Waals surface area contributed by atoms with Crippen molar-refractivity contribution >= 4 is 22.1 Å². The van der Waals surface area contributed by atoms with Crippen LogP contribution in [0.1, 0.15) is 5.56 Å². The van der Waals surface area contributed by atoms with E-state index in [2.05, 4.69) is 4.36 Å². The lowest BCUT2D eigenvalue weighted by Crippen LogP contribution is -2.17. The van der Waals surface area contributed by atoms with Gasteiger partial charge >= 0.3 is 10.5 Å². The van der Waals surface area contributed by atoms with Crippen molar-refractivity contribution in [1.82, 2.24) is 0 Å². The lowest BCUT2D eigenvalue weighted by molar-refractivity contribution is 0.00694. The summed E-state index contributed by atoms with van der Waals surface area (Å²) in [7, 11) is -2.82. The standard InChI is InChI=1S/C8H6ClF2NO2S/c9-7-3-1-6(2-4-7)8(10,11)5-12-15(13)14/h1-4H,5H2. The molecule has 0 bridgehead atoms. The van der Waals surface area contributed by atoms with Crippen LogP contribution in [0.3, 0.4) is 0 Å². The molecular weight excluding hydrogens is 248 g/mol. The Bertz CT molecular complexity index is 462. The van der Waals surface area contributed by atoms with E-state index in [1.165, 1.54) is 12.1 Å². The van der Waals surface area contributed by atoms with E-state index in [-0.39, 0.29) is 5.56 Å². The van der Waals surface area contributed by atoms with Crippen LogP contribution in [0.15, 0.2) is 28.6 Å². The van der Waals surface area contributed by atoms with Gasteiger partial charge in [0.15, 0.2) is 0 Å². The summed E-state index contributed by atoms with van der Waals surface area (Å²) in [6, 6.07) is 4.87. The molecule has 3 nitrogen and oxygen atoms in total. The van der Waals surface area contributed by atoms with Crippen molar-refractivity contribution in [2.75, 3.05) is 6.54 Å². The first-order chi connectivity index (χ1) is 6.92. The van der Waals surface area contributed by atoms with Crippen LogP contribution in [-0.4, -0.2) is 15.0 Å². The van der Waals surface area contributed by atoms with Crippen molar-refractivity contribution in [1.29, 1.82) is 0 Å². The van der Waals surface area contributed by atoms with Crippen LogP contribution in [0.2, 0.25) is 5.02 Å². The second-order valence-corrected chi connectivity index (χ2v) is 3.84. The van der Waals surface area contributed by atoms with Crippen molar-refractivity contribution in [3.8, 4) is 0 Å². The van der Waals surface area contributed by atoms with Crippen LogP contribution in [-0.2, 0) is 16.4 Å². The SMILES string of the molecule is O=S(=O)=NCC(F)(F)c1ccc(Cl)cc1. The Morgan fingerprint density at radius 2 is 1.80 bits per heavy atom. The summed E-state index contributed by atoms with van der Waals surface area (Å²) in [5, 5.41) is 0.332. The van der Waals surface area contributed by atoms with Gasteiger partial charge in [-0.25, -0.2) is 0 Å². The maximum atomic E-state index is 13.2. The Morgan fingerprint density at radius 3 is 2.27 bits per heavy atom. The molecule has 82 valence electrons. The highest BCUT2D eigenvalue weighted by Crippen LogP contribution is 2.28. The molecule has 0 heterocycles. The highest BCUT2D eigenvalue weighted by molar-refractivity contribution is 7.61. The Hall–Kier alpha value is -1.01. The van der Waals surface area contributed by atoms with Gasteiger partial charge in [-0.05, 0) is 12.1 Å². The van der Waals surface area contributed by atoms with E-state index < -0.39 is 23.0 Å². The van der Waals surface area contributed by atoms with Crippen LogP contribution in [0.25, 0.3) is 0 Å². The van der Waals surface area contributed by atoms with Gasteiger partial charge in [0.1, 0.15) is 6.54 Å². The average molecular weight is 254 g/mol. The minimum atomic E-state index is -3.30. The fourth-order valence-electron chi connectivity index (χ4n) is 0.919. The van der Waals surface area contributed by atoms with Crippen LogP contribution in [0, 0.1) is 0 Å². The molecule has 15 heavy (non-hydrogen) atoms.